The number of fused-ring (bicyclic) bond motifs is 3. The molecule has 1 aliphatic carbocycles. The number of hydrogen-bond donors (Lipinski definition) is 0. The number of allylic oxidation sites excluding steroid dienone is 1. The first kappa shape index (κ1) is 12.3. The summed E-state index contributed by atoms with van der Waals surface area (Å²) < 4.78 is 5.31. The van der Waals surface area contributed by atoms with E-state index in [1.165, 1.54) is 35.6 Å². The van der Waals surface area contributed by atoms with Gasteiger partial charge in [-0.25, -0.2) is 0 Å². The standard InChI is InChI=1S/C18H20O/c1-3-5-13-6-4-7-18-16(13)10-8-14-12-15(19-2)9-11-17(14)18/h3,8-13H,1,4-7H2,2H3. The Morgan fingerprint density at radius 1 is 1.32 bits per heavy atom. The van der Waals surface area contributed by atoms with Gasteiger partial charge in [0.15, 0.2) is 0 Å². The smallest absolute Gasteiger partial charge is 0.119 e. The molecule has 0 fully saturated rings. The Hall–Kier alpha value is -1.76. The minimum atomic E-state index is 0.660. The highest BCUT2D eigenvalue weighted by Crippen LogP contribution is 2.38. The minimum Gasteiger partial charge on any atom is -0.497 e. The third-order valence-electron chi connectivity index (χ3n) is 4.25. The number of ether oxygens (including phenoxy) is 1. The van der Waals surface area contributed by atoms with Crippen LogP contribution in [0, 0.1) is 0 Å². The molecule has 2 aromatic carbocycles. The van der Waals surface area contributed by atoms with Crippen LogP contribution in [0.2, 0.25) is 0 Å². The highest BCUT2D eigenvalue weighted by atomic mass is 16.5. The van der Waals surface area contributed by atoms with Crippen molar-refractivity contribution in [3.63, 3.8) is 0 Å². The lowest BCUT2D eigenvalue weighted by atomic mass is 9.79. The Labute approximate surface area is 114 Å². The van der Waals surface area contributed by atoms with Crippen LogP contribution in [0.15, 0.2) is 43.0 Å². The number of methoxy groups -OCH3 is 1. The average molecular weight is 252 g/mol. The molecule has 0 spiro atoms. The third-order valence-corrected chi connectivity index (χ3v) is 4.25. The SMILES string of the molecule is C=CCC1CCCc2c1ccc1cc(OC)ccc21. The van der Waals surface area contributed by atoms with Gasteiger partial charge in [-0.3, -0.25) is 0 Å². The molecule has 98 valence electrons. The van der Waals surface area contributed by atoms with Gasteiger partial charge in [0.05, 0.1) is 7.11 Å². The summed E-state index contributed by atoms with van der Waals surface area (Å²) in [6, 6.07) is 11.0. The zero-order valence-electron chi connectivity index (χ0n) is 11.5. The lowest BCUT2D eigenvalue weighted by Gasteiger charge is -2.26. The van der Waals surface area contributed by atoms with Gasteiger partial charge < -0.3 is 4.74 Å². The molecule has 0 heterocycles. The maximum absolute atomic E-state index is 5.31. The zero-order valence-corrected chi connectivity index (χ0v) is 11.5. The fraction of sp³-hybridized carbons (Fsp3) is 0.333. The second-order valence-corrected chi connectivity index (χ2v) is 5.33. The molecule has 0 aliphatic heterocycles. The van der Waals surface area contributed by atoms with Crippen molar-refractivity contribution in [3.05, 3.63) is 54.1 Å². The van der Waals surface area contributed by atoms with E-state index in [2.05, 4.69) is 43.0 Å². The summed E-state index contributed by atoms with van der Waals surface area (Å²) in [6.45, 7) is 3.90. The van der Waals surface area contributed by atoms with Gasteiger partial charge in [0.1, 0.15) is 5.75 Å². The van der Waals surface area contributed by atoms with Gasteiger partial charge in [-0.2, -0.15) is 0 Å². The predicted molar refractivity (Wildman–Crippen MR) is 81.0 cm³/mol. The van der Waals surface area contributed by atoms with Gasteiger partial charge in [0, 0.05) is 0 Å². The summed E-state index contributed by atoms with van der Waals surface area (Å²) in [5.74, 6) is 1.60. The van der Waals surface area contributed by atoms with Gasteiger partial charge >= 0.3 is 0 Å². The van der Waals surface area contributed by atoms with Crippen LogP contribution in [0.5, 0.6) is 5.75 Å². The maximum atomic E-state index is 5.31. The maximum Gasteiger partial charge on any atom is 0.119 e. The van der Waals surface area contributed by atoms with Crippen molar-refractivity contribution in [3.8, 4) is 5.75 Å². The molecule has 2 aromatic rings. The Morgan fingerprint density at radius 3 is 3.00 bits per heavy atom. The van der Waals surface area contributed by atoms with E-state index in [-0.39, 0.29) is 0 Å². The van der Waals surface area contributed by atoms with Crippen LogP contribution in [0.25, 0.3) is 10.8 Å². The molecule has 1 aliphatic rings. The summed E-state index contributed by atoms with van der Waals surface area (Å²) in [7, 11) is 1.72. The predicted octanol–water partition coefficient (Wildman–Crippen LogP) is 4.84. The van der Waals surface area contributed by atoms with Crippen molar-refractivity contribution in [2.24, 2.45) is 0 Å². The Morgan fingerprint density at radius 2 is 2.21 bits per heavy atom. The van der Waals surface area contributed by atoms with Crippen LogP contribution in [0.3, 0.4) is 0 Å². The summed E-state index contributed by atoms with van der Waals surface area (Å²) >= 11 is 0. The van der Waals surface area contributed by atoms with Crippen LogP contribution in [-0.2, 0) is 6.42 Å². The number of aryl methyl sites for hydroxylation is 1. The monoisotopic (exact) mass is 252 g/mol. The summed E-state index contributed by atoms with van der Waals surface area (Å²) in [5.41, 5.74) is 3.07. The molecule has 0 amide bonds. The van der Waals surface area contributed by atoms with Crippen LogP contribution in [0.1, 0.15) is 36.3 Å². The van der Waals surface area contributed by atoms with Gasteiger partial charge in [-0.05, 0) is 65.6 Å². The van der Waals surface area contributed by atoms with Crippen molar-refractivity contribution in [2.45, 2.75) is 31.6 Å². The summed E-state index contributed by atoms with van der Waals surface area (Å²) in [4.78, 5) is 0. The van der Waals surface area contributed by atoms with E-state index in [0.29, 0.717) is 5.92 Å². The molecule has 0 saturated heterocycles. The Balaban J connectivity index is 2.15. The lowest BCUT2D eigenvalue weighted by molar-refractivity contribution is 0.415. The molecule has 3 rings (SSSR count). The Kier molecular flexibility index (Phi) is 3.29. The van der Waals surface area contributed by atoms with Crippen LogP contribution < -0.4 is 4.74 Å². The van der Waals surface area contributed by atoms with Crippen LogP contribution in [-0.4, -0.2) is 7.11 Å². The van der Waals surface area contributed by atoms with Crippen LogP contribution >= 0.6 is 0 Å². The van der Waals surface area contributed by atoms with Gasteiger partial charge in [-0.15, -0.1) is 6.58 Å². The molecule has 0 radical (unpaired) electrons. The normalized spacial score (nSPS) is 18.1. The van der Waals surface area contributed by atoms with E-state index in [0.717, 1.165) is 12.2 Å². The molecular formula is C18H20O. The molecule has 1 heteroatoms. The first-order valence-electron chi connectivity index (χ1n) is 7.04. The molecule has 1 unspecified atom stereocenters. The van der Waals surface area contributed by atoms with E-state index in [4.69, 9.17) is 4.74 Å². The molecular weight excluding hydrogens is 232 g/mol. The number of hydrogen-bond acceptors (Lipinski definition) is 1. The largest absolute Gasteiger partial charge is 0.497 e. The fourth-order valence-corrected chi connectivity index (χ4v) is 3.30. The van der Waals surface area contributed by atoms with Crippen LogP contribution in [0.4, 0.5) is 0 Å². The van der Waals surface area contributed by atoms with Crippen molar-refractivity contribution >= 4 is 10.8 Å². The van der Waals surface area contributed by atoms with E-state index in [9.17, 15) is 0 Å². The molecule has 0 bridgehead atoms. The molecule has 0 N–H and O–H groups in total. The summed E-state index contributed by atoms with van der Waals surface area (Å²) in [6.07, 6.45) is 6.93. The minimum absolute atomic E-state index is 0.660. The van der Waals surface area contributed by atoms with Crippen molar-refractivity contribution in [1.29, 1.82) is 0 Å². The third kappa shape index (κ3) is 2.14. The molecule has 1 atom stereocenters. The van der Waals surface area contributed by atoms with Crippen molar-refractivity contribution < 1.29 is 4.74 Å². The highest BCUT2D eigenvalue weighted by molar-refractivity contribution is 5.88. The first-order chi connectivity index (χ1) is 9.33. The highest BCUT2D eigenvalue weighted by Gasteiger charge is 2.20. The Bertz CT molecular complexity index is 612. The van der Waals surface area contributed by atoms with E-state index >= 15 is 0 Å². The van der Waals surface area contributed by atoms with Gasteiger partial charge in [0.25, 0.3) is 0 Å². The van der Waals surface area contributed by atoms with Gasteiger partial charge in [-0.1, -0.05) is 24.3 Å². The van der Waals surface area contributed by atoms with Crippen molar-refractivity contribution in [2.75, 3.05) is 7.11 Å². The number of rotatable bonds is 3. The first-order valence-corrected chi connectivity index (χ1v) is 7.04. The number of benzene rings is 2. The average Bonchev–Trinajstić information content (AvgIpc) is 2.47. The lowest BCUT2D eigenvalue weighted by Crippen LogP contribution is -2.09. The molecule has 19 heavy (non-hydrogen) atoms. The summed E-state index contributed by atoms with van der Waals surface area (Å²) in [5, 5.41) is 2.68. The van der Waals surface area contributed by atoms with Crippen molar-refractivity contribution in [1.82, 2.24) is 0 Å². The molecule has 0 aromatic heterocycles. The van der Waals surface area contributed by atoms with Gasteiger partial charge in [0.2, 0.25) is 0 Å². The molecule has 1 nitrogen and oxygen atoms in total. The second kappa shape index (κ2) is 5.08. The zero-order chi connectivity index (χ0) is 13.2. The quantitative estimate of drug-likeness (QED) is 0.710. The second-order valence-electron chi connectivity index (χ2n) is 5.33. The molecule has 0 saturated carbocycles. The topological polar surface area (TPSA) is 9.23 Å². The fourth-order valence-electron chi connectivity index (χ4n) is 3.30. The van der Waals surface area contributed by atoms with E-state index in [1.54, 1.807) is 12.7 Å². The van der Waals surface area contributed by atoms with E-state index < -0.39 is 0 Å². The van der Waals surface area contributed by atoms with E-state index in [1.807, 2.05) is 0 Å².